The lowest BCUT2D eigenvalue weighted by Gasteiger charge is -2.15. The number of nitrogens with two attached hydrogens (primary N) is 1. The number of hydrogen-bond donors (Lipinski definition) is 4. The summed E-state index contributed by atoms with van der Waals surface area (Å²) in [7, 11) is 0. The van der Waals surface area contributed by atoms with Crippen molar-refractivity contribution in [3.63, 3.8) is 0 Å². The number of anilines is 1. The summed E-state index contributed by atoms with van der Waals surface area (Å²) in [5.41, 5.74) is 6.09. The summed E-state index contributed by atoms with van der Waals surface area (Å²) in [6.45, 7) is -0.322. The molecule has 1 aromatic heterocycles. The molecular formula is C29H24N4O5. The highest BCUT2D eigenvalue weighted by molar-refractivity contribution is 6.26. The Kier molecular flexibility index (Phi) is 5.93. The van der Waals surface area contributed by atoms with E-state index in [0.29, 0.717) is 5.56 Å². The summed E-state index contributed by atoms with van der Waals surface area (Å²) in [5, 5.41) is 28.5. The van der Waals surface area contributed by atoms with Gasteiger partial charge in [-0.15, -0.1) is 0 Å². The molecule has 0 spiro atoms. The minimum Gasteiger partial charge on any atom is -0.394 e. The summed E-state index contributed by atoms with van der Waals surface area (Å²) in [6.07, 6.45) is -0.943. The highest BCUT2D eigenvalue weighted by atomic mass is 16.5. The number of benzene rings is 4. The van der Waals surface area contributed by atoms with Gasteiger partial charge in [-0.05, 0) is 38.4 Å². The number of nitrogen functional groups attached to an aromatic ring is 1. The Bertz CT molecular complexity index is 1800. The molecule has 1 saturated heterocycles. The van der Waals surface area contributed by atoms with Gasteiger partial charge in [-0.2, -0.15) is 4.98 Å². The van der Waals surface area contributed by atoms with Gasteiger partial charge >= 0.3 is 5.69 Å². The Hall–Kier alpha value is -4.49. The van der Waals surface area contributed by atoms with Crippen molar-refractivity contribution >= 4 is 44.0 Å². The maximum atomic E-state index is 13.1. The number of rotatable bonds is 4. The average molecular weight is 509 g/mol. The highest BCUT2D eigenvalue weighted by Gasteiger charge is 2.35. The van der Waals surface area contributed by atoms with Crippen molar-refractivity contribution in [1.29, 1.82) is 0 Å². The number of nitrogens with zero attached hydrogens (tertiary/aromatic N) is 2. The second-order valence-corrected chi connectivity index (χ2v) is 9.30. The van der Waals surface area contributed by atoms with Crippen molar-refractivity contribution in [1.82, 2.24) is 14.9 Å². The Balaban J connectivity index is 1.23. The fraction of sp³-hybridized carbons (Fsp3) is 0.207. The van der Waals surface area contributed by atoms with E-state index in [1.807, 2.05) is 30.3 Å². The molecule has 9 heteroatoms. The summed E-state index contributed by atoms with van der Waals surface area (Å²) < 4.78 is 6.74. The smallest absolute Gasteiger partial charge is 0.351 e. The van der Waals surface area contributed by atoms with Crippen LogP contribution in [-0.2, 0) is 4.74 Å². The number of aliphatic hydroxyl groups is 2. The van der Waals surface area contributed by atoms with E-state index in [-0.39, 0.29) is 36.9 Å². The van der Waals surface area contributed by atoms with E-state index in [1.165, 1.54) is 10.8 Å². The first-order chi connectivity index (χ1) is 18.4. The lowest BCUT2D eigenvalue weighted by molar-refractivity contribution is -0.0458. The molecule has 1 aliphatic rings. The van der Waals surface area contributed by atoms with Crippen LogP contribution in [-0.4, -0.2) is 51.0 Å². The van der Waals surface area contributed by atoms with Gasteiger partial charge in [0.1, 0.15) is 18.1 Å². The number of aromatic nitrogens is 2. The van der Waals surface area contributed by atoms with E-state index < -0.39 is 24.1 Å². The third-order valence-corrected chi connectivity index (χ3v) is 7.01. The monoisotopic (exact) mass is 508 g/mol. The third kappa shape index (κ3) is 4.01. The first-order valence-electron chi connectivity index (χ1n) is 12.2. The van der Waals surface area contributed by atoms with Crippen LogP contribution in [0.3, 0.4) is 0 Å². The number of aliphatic hydroxyl groups excluding tert-OH is 2. The van der Waals surface area contributed by atoms with Crippen molar-refractivity contribution in [2.45, 2.75) is 24.9 Å². The number of hydrogen-bond acceptors (Lipinski definition) is 7. The van der Waals surface area contributed by atoms with Gasteiger partial charge in [-0.1, -0.05) is 60.4 Å². The van der Waals surface area contributed by atoms with Crippen molar-refractivity contribution < 1.29 is 19.7 Å². The molecule has 38 heavy (non-hydrogen) atoms. The van der Waals surface area contributed by atoms with Crippen molar-refractivity contribution in [3.05, 3.63) is 82.4 Å². The molecule has 0 saturated carbocycles. The Labute approximate surface area is 216 Å². The van der Waals surface area contributed by atoms with Gasteiger partial charge in [-0.3, -0.25) is 9.36 Å². The van der Waals surface area contributed by atoms with Crippen LogP contribution >= 0.6 is 0 Å². The molecule has 1 fully saturated rings. The first kappa shape index (κ1) is 23.9. The molecule has 2 heterocycles. The zero-order valence-corrected chi connectivity index (χ0v) is 20.2. The first-order valence-corrected chi connectivity index (χ1v) is 12.2. The standard InChI is InChI=1S/C29H24N4O5/c30-27-19(14-33(29(37)32-27)24-13-22(35)23(15-34)38-24)5-2-12-31-28(36)21-11-9-18-7-6-16-3-1-4-17-8-10-20(21)26(18)25(16)17/h1,3-4,6-11,14,22-24,34-35H,12-13,15H2,(H,31,36)(H2,30,32,37)/t22-,23+,24+/m0/s1. The van der Waals surface area contributed by atoms with Crippen LogP contribution in [0, 0.1) is 11.8 Å². The molecule has 0 radical (unpaired) electrons. The fourth-order valence-electron chi connectivity index (χ4n) is 5.13. The topological polar surface area (TPSA) is 140 Å². The molecule has 0 bridgehead atoms. The summed E-state index contributed by atoms with van der Waals surface area (Å²) in [4.78, 5) is 29.2. The van der Waals surface area contributed by atoms with Crippen LogP contribution < -0.4 is 16.7 Å². The number of carbonyl (C=O) groups is 1. The van der Waals surface area contributed by atoms with Crippen molar-refractivity contribution in [3.8, 4) is 11.8 Å². The highest BCUT2D eigenvalue weighted by Crippen LogP contribution is 2.35. The Morgan fingerprint density at radius 3 is 2.55 bits per heavy atom. The quantitative estimate of drug-likeness (QED) is 0.215. The van der Waals surface area contributed by atoms with E-state index in [2.05, 4.69) is 46.4 Å². The fourth-order valence-corrected chi connectivity index (χ4v) is 5.13. The lowest BCUT2D eigenvalue weighted by atomic mass is 9.92. The molecular weight excluding hydrogens is 484 g/mol. The van der Waals surface area contributed by atoms with Crippen LogP contribution in [0.15, 0.2) is 65.6 Å². The molecule has 6 rings (SSSR count). The molecule has 5 N–H and O–H groups in total. The summed E-state index contributed by atoms with van der Waals surface area (Å²) >= 11 is 0. The van der Waals surface area contributed by atoms with Gasteiger partial charge < -0.3 is 26.0 Å². The Morgan fingerprint density at radius 2 is 1.82 bits per heavy atom. The van der Waals surface area contributed by atoms with E-state index >= 15 is 0 Å². The zero-order chi connectivity index (χ0) is 26.4. The molecule has 5 aromatic rings. The maximum Gasteiger partial charge on any atom is 0.351 e. The molecule has 4 aromatic carbocycles. The maximum absolute atomic E-state index is 13.1. The van der Waals surface area contributed by atoms with Crippen LogP contribution in [0.5, 0.6) is 0 Å². The predicted octanol–water partition coefficient (Wildman–Crippen LogP) is 2.15. The molecule has 1 amide bonds. The second kappa shape index (κ2) is 9.43. The molecule has 0 unspecified atom stereocenters. The van der Waals surface area contributed by atoms with Gasteiger partial charge in [0.2, 0.25) is 0 Å². The normalized spacial score (nSPS) is 19.2. The number of nitrogens with one attached hydrogen (secondary N) is 1. The summed E-state index contributed by atoms with van der Waals surface area (Å²) in [5.74, 6) is 5.41. The van der Waals surface area contributed by atoms with Gasteiger partial charge in [0.15, 0.2) is 0 Å². The van der Waals surface area contributed by atoms with Gasteiger partial charge in [0.05, 0.1) is 24.8 Å². The minimum atomic E-state index is -0.904. The zero-order valence-electron chi connectivity index (χ0n) is 20.2. The number of carbonyl (C=O) groups excluding carboxylic acids is 1. The van der Waals surface area contributed by atoms with E-state index in [9.17, 15) is 19.8 Å². The SMILES string of the molecule is Nc1nc(=O)n([C@H]2C[C@H](O)[C@@H](CO)O2)cc1C#CCNC(=O)c1ccc2ccc3cccc4ccc1c2c34. The van der Waals surface area contributed by atoms with E-state index in [4.69, 9.17) is 10.5 Å². The molecule has 3 atom stereocenters. The van der Waals surface area contributed by atoms with Crippen molar-refractivity contribution in [2.24, 2.45) is 0 Å². The number of ether oxygens (including phenoxy) is 1. The average Bonchev–Trinajstić information content (AvgIpc) is 3.30. The Morgan fingerprint density at radius 1 is 1.11 bits per heavy atom. The van der Waals surface area contributed by atoms with E-state index in [0.717, 1.165) is 32.3 Å². The van der Waals surface area contributed by atoms with Crippen LogP contribution in [0.4, 0.5) is 5.82 Å². The predicted molar refractivity (Wildman–Crippen MR) is 144 cm³/mol. The van der Waals surface area contributed by atoms with E-state index in [1.54, 1.807) is 0 Å². The largest absolute Gasteiger partial charge is 0.394 e. The molecule has 190 valence electrons. The van der Waals surface area contributed by atoms with Gasteiger partial charge in [0, 0.05) is 18.2 Å². The molecule has 1 aliphatic heterocycles. The number of amides is 1. The molecule has 0 aliphatic carbocycles. The summed E-state index contributed by atoms with van der Waals surface area (Å²) in [6, 6.07) is 18.1. The van der Waals surface area contributed by atoms with Crippen LogP contribution in [0.2, 0.25) is 0 Å². The van der Waals surface area contributed by atoms with Crippen molar-refractivity contribution in [2.75, 3.05) is 18.9 Å². The van der Waals surface area contributed by atoms with Gasteiger partial charge in [0.25, 0.3) is 5.91 Å². The third-order valence-electron chi connectivity index (χ3n) is 7.01. The minimum absolute atomic E-state index is 0.0462. The van der Waals surface area contributed by atoms with Crippen LogP contribution in [0.25, 0.3) is 32.3 Å². The van der Waals surface area contributed by atoms with Crippen LogP contribution in [0.1, 0.15) is 28.6 Å². The lowest BCUT2D eigenvalue weighted by Crippen LogP contribution is -2.29. The molecule has 9 nitrogen and oxygen atoms in total. The second-order valence-electron chi connectivity index (χ2n) is 9.30. The van der Waals surface area contributed by atoms with Gasteiger partial charge in [-0.25, -0.2) is 4.79 Å².